The highest BCUT2D eigenvalue weighted by molar-refractivity contribution is 7.18. The van der Waals surface area contributed by atoms with Gasteiger partial charge in [0.2, 0.25) is 5.28 Å². The van der Waals surface area contributed by atoms with Gasteiger partial charge in [-0.25, -0.2) is 4.98 Å². The molecule has 104 valence electrons. The smallest absolute Gasteiger partial charge is 0.225 e. The fourth-order valence-electron chi connectivity index (χ4n) is 2.20. The van der Waals surface area contributed by atoms with Crippen molar-refractivity contribution >= 4 is 39.0 Å². The van der Waals surface area contributed by atoms with Crippen LogP contribution in [-0.4, -0.2) is 17.0 Å². The number of hydrogen-bond donors (Lipinski definition) is 0. The molecule has 0 radical (unpaired) electrons. The lowest BCUT2D eigenvalue weighted by molar-refractivity contribution is 0.529. The summed E-state index contributed by atoms with van der Waals surface area (Å²) in [6.07, 6.45) is 1.70. The highest BCUT2D eigenvalue weighted by Crippen LogP contribution is 2.31. The Morgan fingerprint density at radius 3 is 2.85 bits per heavy atom. The maximum Gasteiger partial charge on any atom is 0.225 e. The molecule has 0 fully saturated rings. The first-order valence-electron chi connectivity index (χ1n) is 6.22. The first-order chi connectivity index (χ1) is 9.54. The molecular formula is C14H14ClN3OS. The number of thiophene rings is 1. The van der Waals surface area contributed by atoms with Crippen LogP contribution in [0.2, 0.25) is 5.28 Å². The molecule has 0 spiro atoms. The van der Waals surface area contributed by atoms with Crippen LogP contribution in [0.1, 0.15) is 16.2 Å². The van der Waals surface area contributed by atoms with Crippen molar-refractivity contribution < 1.29 is 4.42 Å². The molecule has 6 heteroatoms. The zero-order chi connectivity index (χ0) is 14.3. The fourth-order valence-corrected chi connectivity index (χ4v) is 3.29. The molecule has 3 rings (SSSR count). The molecule has 4 nitrogen and oxygen atoms in total. The highest BCUT2D eigenvalue weighted by Gasteiger charge is 2.14. The van der Waals surface area contributed by atoms with Gasteiger partial charge in [-0.3, -0.25) is 0 Å². The summed E-state index contributed by atoms with van der Waals surface area (Å²) in [6, 6.07) is 4.08. The van der Waals surface area contributed by atoms with E-state index in [-0.39, 0.29) is 5.28 Å². The summed E-state index contributed by atoms with van der Waals surface area (Å²) >= 11 is 7.66. The van der Waals surface area contributed by atoms with Gasteiger partial charge in [-0.1, -0.05) is 0 Å². The molecule has 20 heavy (non-hydrogen) atoms. The molecule has 0 aliphatic carbocycles. The summed E-state index contributed by atoms with van der Waals surface area (Å²) in [5.74, 6) is 1.78. The van der Waals surface area contributed by atoms with E-state index >= 15 is 0 Å². The highest BCUT2D eigenvalue weighted by atomic mass is 35.5. The van der Waals surface area contributed by atoms with E-state index in [1.165, 1.54) is 4.88 Å². The van der Waals surface area contributed by atoms with Gasteiger partial charge in [-0.15, -0.1) is 11.3 Å². The second-order valence-corrected chi connectivity index (χ2v) is 6.32. The molecule has 0 saturated heterocycles. The van der Waals surface area contributed by atoms with Gasteiger partial charge in [0, 0.05) is 24.0 Å². The second kappa shape index (κ2) is 5.07. The topological polar surface area (TPSA) is 42.2 Å². The van der Waals surface area contributed by atoms with Crippen molar-refractivity contribution in [1.82, 2.24) is 9.97 Å². The quantitative estimate of drug-likeness (QED) is 0.680. The SMILES string of the molecule is Cc1cc2c(N(C)Cc3ccoc3C)nc(Cl)nc2s1. The van der Waals surface area contributed by atoms with Crippen molar-refractivity contribution in [3.8, 4) is 0 Å². The van der Waals surface area contributed by atoms with Crippen LogP contribution >= 0.6 is 22.9 Å². The van der Waals surface area contributed by atoms with Crippen LogP contribution in [0.5, 0.6) is 0 Å². The van der Waals surface area contributed by atoms with Gasteiger partial charge in [-0.2, -0.15) is 4.98 Å². The number of aryl methyl sites for hydroxylation is 2. The molecule has 0 amide bonds. The Morgan fingerprint density at radius 1 is 1.35 bits per heavy atom. The van der Waals surface area contributed by atoms with Crippen molar-refractivity contribution in [1.29, 1.82) is 0 Å². The van der Waals surface area contributed by atoms with Gasteiger partial charge in [0.1, 0.15) is 16.4 Å². The monoisotopic (exact) mass is 307 g/mol. The fraction of sp³-hybridized carbons (Fsp3) is 0.286. The minimum Gasteiger partial charge on any atom is -0.469 e. The molecule has 0 aromatic carbocycles. The average molecular weight is 308 g/mol. The molecule has 0 bridgehead atoms. The molecule has 0 saturated carbocycles. The van der Waals surface area contributed by atoms with Crippen molar-refractivity contribution in [2.45, 2.75) is 20.4 Å². The molecule has 0 N–H and O–H groups in total. The van der Waals surface area contributed by atoms with E-state index in [9.17, 15) is 0 Å². The van der Waals surface area contributed by atoms with Gasteiger partial charge < -0.3 is 9.32 Å². The number of rotatable bonds is 3. The lowest BCUT2D eigenvalue weighted by atomic mass is 10.2. The molecule has 3 aromatic rings. The number of nitrogens with zero attached hydrogens (tertiary/aromatic N) is 3. The minimum atomic E-state index is 0.283. The van der Waals surface area contributed by atoms with Crippen LogP contribution in [0, 0.1) is 13.8 Å². The van der Waals surface area contributed by atoms with E-state index in [1.807, 2.05) is 20.0 Å². The van der Waals surface area contributed by atoms with Crippen LogP contribution in [0.3, 0.4) is 0 Å². The third kappa shape index (κ3) is 2.39. The summed E-state index contributed by atoms with van der Waals surface area (Å²) in [6.45, 7) is 4.74. The number of fused-ring (bicyclic) bond motifs is 1. The largest absolute Gasteiger partial charge is 0.469 e. The predicted molar refractivity (Wildman–Crippen MR) is 82.7 cm³/mol. The van der Waals surface area contributed by atoms with E-state index in [2.05, 4.69) is 27.9 Å². The van der Waals surface area contributed by atoms with E-state index in [4.69, 9.17) is 16.0 Å². The summed E-state index contributed by atoms with van der Waals surface area (Å²) in [5, 5.41) is 1.32. The molecule has 0 aliphatic rings. The first-order valence-corrected chi connectivity index (χ1v) is 7.42. The second-order valence-electron chi connectivity index (χ2n) is 4.75. The Bertz CT molecular complexity index is 765. The predicted octanol–water partition coefficient (Wildman–Crippen LogP) is 4.19. The van der Waals surface area contributed by atoms with Crippen LogP contribution in [0.25, 0.3) is 10.2 Å². The van der Waals surface area contributed by atoms with Crippen LogP contribution in [0.15, 0.2) is 22.8 Å². The van der Waals surface area contributed by atoms with Crippen LogP contribution in [-0.2, 0) is 6.54 Å². The zero-order valence-corrected chi connectivity index (χ0v) is 13.0. The van der Waals surface area contributed by atoms with E-state index < -0.39 is 0 Å². The Kier molecular flexibility index (Phi) is 3.40. The molecular weight excluding hydrogens is 294 g/mol. The Labute approximate surface area is 126 Å². The van der Waals surface area contributed by atoms with Crippen molar-refractivity contribution in [3.63, 3.8) is 0 Å². The third-order valence-electron chi connectivity index (χ3n) is 3.20. The summed E-state index contributed by atoms with van der Waals surface area (Å²) in [5.41, 5.74) is 1.14. The molecule has 0 atom stereocenters. The van der Waals surface area contributed by atoms with Gasteiger partial charge in [0.15, 0.2) is 0 Å². The Hall–Kier alpha value is -1.59. The number of aromatic nitrogens is 2. The molecule has 3 aromatic heterocycles. The van der Waals surface area contributed by atoms with Crippen molar-refractivity contribution in [2.24, 2.45) is 0 Å². The normalized spacial score (nSPS) is 11.2. The first kappa shape index (κ1) is 13.4. The van der Waals surface area contributed by atoms with Gasteiger partial charge in [-0.05, 0) is 37.6 Å². The number of furan rings is 1. The zero-order valence-electron chi connectivity index (χ0n) is 11.5. The van der Waals surface area contributed by atoms with Crippen molar-refractivity contribution in [2.75, 3.05) is 11.9 Å². The molecule has 0 unspecified atom stereocenters. The summed E-state index contributed by atoms with van der Waals surface area (Å²) in [7, 11) is 2.00. The Balaban J connectivity index is 2.02. The number of hydrogen-bond acceptors (Lipinski definition) is 5. The standard InChI is InChI=1S/C14H14ClN3OS/c1-8-6-11-12(16-14(15)17-13(11)20-8)18(3)7-10-4-5-19-9(10)2/h4-6H,7H2,1-3H3. The minimum absolute atomic E-state index is 0.283. The van der Waals surface area contributed by atoms with Crippen LogP contribution in [0.4, 0.5) is 5.82 Å². The average Bonchev–Trinajstić information content (AvgIpc) is 2.94. The summed E-state index contributed by atoms with van der Waals surface area (Å²) < 4.78 is 5.33. The van der Waals surface area contributed by atoms with E-state index in [0.717, 1.165) is 33.9 Å². The van der Waals surface area contributed by atoms with Gasteiger partial charge >= 0.3 is 0 Å². The maximum absolute atomic E-state index is 6.03. The van der Waals surface area contributed by atoms with E-state index in [1.54, 1.807) is 17.6 Å². The van der Waals surface area contributed by atoms with Crippen LogP contribution < -0.4 is 4.90 Å². The van der Waals surface area contributed by atoms with Crippen molar-refractivity contribution in [3.05, 3.63) is 39.9 Å². The number of halogens is 1. The Morgan fingerprint density at radius 2 is 2.15 bits per heavy atom. The maximum atomic E-state index is 6.03. The van der Waals surface area contributed by atoms with Gasteiger partial charge in [0.25, 0.3) is 0 Å². The lowest BCUT2D eigenvalue weighted by Crippen LogP contribution is -2.18. The molecule has 3 heterocycles. The third-order valence-corrected chi connectivity index (χ3v) is 4.32. The van der Waals surface area contributed by atoms with Gasteiger partial charge in [0.05, 0.1) is 11.6 Å². The van der Waals surface area contributed by atoms with E-state index in [0.29, 0.717) is 0 Å². The number of anilines is 1. The summed E-state index contributed by atoms with van der Waals surface area (Å²) in [4.78, 5) is 12.9. The lowest BCUT2D eigenvalue weighted by Gasteiger charge is -2.18. The molecule has 0 aliphatic heterocycles.